The molecule has 0 aromatic heterocycles. The van der Waals surface area contributed by atoms with Gasteiger partial charge in [0.05, 0.1) is 6.61 Å². The van der Waals surface area contributed by atoms with E-state index in [4.69, 9.17) is 4.74 Å². The molecule has 1 aliphatic heterocycles. The Morgan fingerprint density at radius 2 is 2.19 bits per heavy atom. The van der Waals surface area contributed by atoms with Gasteiger partial charge in [0.15, 0.2) is 0 Å². The molecule has 0 amide bonds. The number of ether oxygens (including phenoxy) is 1. The lowest BCUT2D eigenvalue weighted by Crippen LogP contribution is -2.28. The molecule has 0 radical (unpaired) electrons. The van der Waals surface area contributed by atoms with Crippen molar-refractivity contribution in [2.45, 2.75) is 38.8 Å². The molecule has 0 saturated heterocycles. The normalized spacial score (nSPS) is 20.6. The van der Waals surface area contributed by atoms with Gasteiger partial charge in [-0.1, -0.05) is 38.1 Å². The summed E-state index contributed by atoms with van der Waals surface area (Å²) in [6.45, 7) is 7.09. The van der Waals surface area contributed by atoms with E-state index in [2.05, 4.69) is 43.4 Å². The van der Waals surface area contributed by atoms with Crippen LogP contribution >= 0.6 is 0 Å². The van der Waals surface area contributed by atoms with Crippen LogP contribution < -0.4 is 5.32 Å². The molecule has 16 heavy (non-hydrogen) atoms. The van der Waals surface area contributed by atoms with Crippen LogP contribution in [0.1, 0.15) is 37.3 Å². The second-order valence-corrected chi connectivity index (χ2v) is 4.80. The summed E-state index contributed by atoms with van der Waals surface area (Å²) in [5, 5.41) is 3.53. The van der Waals surface area contributed by atoms with Gasteiger partial charge in [-0.2, -0.15) is 0 Å². The van der Waals surface area contributed by atoms with E-state index in [0.717, 1.165) is 26.2 Å². The Balaban J connectivity index is 2.12. The van der Waals surface area contributed by atoms with E-state index in [1.165, 1.54) is 11.1 Å². The molecule has 0 saturated carbocycles. The van der Waals surface area contributed by atoms with Gasteiger partial charge in [-0.25, -0.2) is 0 Å². The SMILES string of the molecule is CC(C)NCC1CCOCc2ccccc21. The highest BCUT2D eigenvalue weighted by Crippen LogP contribution is 2.26. The number of nitrogens with one attached hydrogen (secondary N) is 1. The average Bonchev–Trinajstić information content (AvgIpc) is 2.48. The quantitative estimate of drug-likeness (QED) is 0.844. The molecule has 1 unspecified atom stereocenters. The predicted molar refractivity (Wildman–Crippen MR) is 66.6 cm³/mol. The van der Waals surface area contributed by atoms with Crippen LogP contribution in [0.3, 0.4) is 0 Å². The molecule has 1 N–H and O–H groups in total. The number of hydrogen-bond acceptors (Lipinski definition) is 2. The van der Waals surface area contributed by atoms with Gasteiger partial charge < -0.3 is 10.1 Å². The van der Waals surface area contributed by atoms with E-state index in [-0.39, 0.29) is 0 Å². The zero-order chi connectivity index (χ0) is 11.4. The summed E-state index contributed by atoms with van der Waals surface area (Å²) in [4.78, 5) is 0. The first-order chi connectivity index (χ1) is 7.77. The van der Waals surface area contributed by atoms with Crippen LogP contribution in [-0.4, -0.2) is 19.2 Å². The van der Waals surface area contributed by atoms with E-state index in [1.807, 2.05) is 0 Å². The lowest BCUT2D eigenvalue weighted by Gasteiger charge is -2.19. The maximum absolute atomic E-state index is 5.63. The Morgan fingerprint density at radius 1 is 1.38 bits per heavy atom. The third-order valence-corrected chi connectivity index (χ3v) is 3.14. The van der Waals surface area contributed by atoms with Gasteiger partial charge in [-0.05, 0) is 23.5 Å². The minimum Gasteiger partial charge on any atom is -0.377 e. The fourth-order valence-electron chi connectivity index (χ4n) is 2.22. The lowest BCUT2D eigenvalue weighted by molar-refractivity contribution is 0.121. The van der Waals surface area contributed by atoms with Crippen molar-refractivity contribution in [1.82, 2.24) is 5.32 Å². The van der Waals surface area contributed by atoms with Crippen molar-refractivity contribution in [3.8, 4) is 0 Å². The summed E-state index contributed by atoms with van der Waals surface area (Å²) in [7, 11) is 0. The van der Waals surface area contributed by atoms with Crippen LogP contribution in [0.2, 0.25) is 0 Å². The molecule has 0 fully saturated rings. The van der Waals surface area contributed by atoms with E-state index >= 15 is 0 Å². The molecule has 0 spiro atoms. The summed E-state index contributed by atoms with van der Waals surface area (Å²) in [5.74, 6) is 0.598. The molecule has 88 valence electrons. The van der Waals surface area contributed by atoms with Gasteiger partial charge in [0.2, 0.25) is 0 Å². The molecule has 2 nitrogen and oxygen atoms in total. The first-order valence-corrected chi connectivity index (χ1v) is 6.16. The van der Waals surface area contributed by atoms with Gasteiger partial charge >= 0.3 is 0 Å². The number of rotatable bonds is 3. The Morgan fingerprint density at radius 3 is 3.00 bits per heavy atom. The number of benzene rings is 1. The van der Waals surface area contributed by atoms with Crippen molar-refractivity contribution in [2.24, 2.45) is 0 Å². The van der Waals surface area contributed by atoms with Crippen molar-refractivity contribution >= 4 is 0 Å². The molecule has 1 atom stereocenters. The van der Waals surface area contributed by atoms with Gasteiger partial charge in [-0.15, -0.1) is 0 Å². The highest BCUT2D eigenvalue weighted by molar-refractivity contribution is 5.30. The van der Waals surface area contributed by atoms with Crippen LogP contribution in [0.25, 0.3) is 0 Å². The van der Waals surface area contributed by atoms with Crippen LogP contribution in [0, 0.1) is 0 Å². The summed E-state index contributed by atoms with van der Waals surface area (Å²) in [6, 6.07) is 9.21. The Hall–Kier alpha value is -0.860. The summed E-state index contributed by atoms with van der Waals surface area (Å²) in [5.41, 5.74) is 2.82. The summed E-state index contributed by atoms with van der Waals surface area (Å²) < 4.78 is 5.63. The molecular formula is C14H21NO. The average molecular weight is 219 g/mol. The van der Waals surface area contributed by atoms with Gasteiger partial charge in [0, 0.05) is 19.2 Å². The molecule has 0 aliphatic carbocycles. The summed E-state index contributed by atoms with van der Waals surface area (Å²) in [6.07, 6.45) is 1.12. The van der Waals surface area contributed by atoms with Crippen LogP contribution in [0.4, 0.5) is 0 Å². The molecule has 1 heterocycles. The standard InChI is InChI=1S/C14H21NO/c1-11(2)15-9-12-7-8-16-10-13-5-3-4-6-14(12)13/h3-6,11-12,15H,7-10H2,1-2H3. The fourth-order valence-corrected chi connectivity index (χ4v) is 2.22. The molecule has 2 rings (SSSR count). The Labute approximate surface area is 98.0 Å². The van der Waals surface area contributed by atoms with Crippen molar-refractivity contribution in [1.29, 1.82) is 0 Å². The first-order valence-electron chi connectivity index (χ1n) is 6.16. The third-order valence-electron chi connectivity index (χ3n) is 3.14. The lowest BCUT2D eigenvalue weighted by atomic mass is 9.92. The van der Waals surface area contributed by atoms with Crippen LogP contribution in [0.15, 0.2) is 24.3 Å². The number of fused-ring (bicyclic) bond motifs is 1. The molecule has 1 aromatic carbocycles. The highest BCUT2D eigenvalue weighted by atomic mass is 16.5. The first kappa shape index (κ1) is 11.6. The number of hydrogen-bond donors (Lipinski definition) is 1. The minimum atomic E-state index is 0.552. The predicted octanol–water partition coefficient (Wildman–Crippen LogP) is 2.69. The maximum atomic E-state index is 5.63. The summed E-state index contributed by atoms with van der Waals surface area (Å²) >= 11 is 0. The van der Waals surface area contributed by atoms with Crippen molar-refractivity contribution in [3.63, 3.8) is 0 Å². The van der Waals surface area contributed by atoms with Gasteiger partial charge in [0.25, 0.3) is 0 Å². The van der Waals surface area contributed by atoms with Crippen molar-refractivity contribution in [2.75, 3.05) is 13.2 Å². The van der Waals surface area contributed by atoms with Gasteiger partial charge in [0.1, 0.15) is 0 Å². The largest absolute Gasteiger partial charge is 0.377 e. The van der Waals surface area contributed by atoms with Crippen LogP contribution in [-0.2, 0) is 11.3 Å². The monoisotopic (exact) mass is 219 g/mol. The zero-order valence-corrected chi connectivity index (χ0v) is 10.2. The fraction of sp³-hybridized carbons (Fsp3) is 0.571. The van der Waals surface area contributed by atoms with E-state index < -0.39 is 0 Å². The van der Waals surface area contributed by atoms with Crippen LogP contribution in [0.5, 0.6) is 0 Å². The second kappa shape index (κ2) is 5.46. The second-order valence-electron chi connectivity index (χ2n) is 4.80. The highest BCUT2D eigenvalue weighted by Gasteiger charge is 2.18. The van der Waals surface area contributed by atoms with E-state index in [0.29, 0.717) is 12.0 Å². The molecule has 0 bridgehead atoms. The van der Waals surface area contributed by atoms with E-state index in [9.17, 15) is 0 Å². The molecule has 1 aromatic rings. The maximum Gasteiger partial charge on any atom is 0.0719 e. The minimum absolute atomic E-state index is 0.552. The molecule has 2 heteroatoms. The van der Waals surface area contributed by atoms with Crippen molar-refractivity contribution in [3.05, 3.63) is 35.4 Å². The Kier molecular flexibility index (Phi) is 3.97. The topological polar surface area (TPSA) is 21.3 Å². The molecule has 1 aliphatic rings. The Bertz CT molecular complexity index is 335. The molecular weight excluding hydrogens is 198 g/mol. The zero-order valence-electron chi connectivity index (χ0n) is 10.2. The van der Waals surface area contributed by atoms with Gasteiger partial charge in [-0.3, -0.25) is 0 Å². The smallest absolute Gasteiger partial charge is 0.0719 e. The van der Waals surface area contributed by atoms with Crippen molar-refractivity contribution < 1.29 is 4.74 Å². The van der Waals surface area contributed by atoms with E-state index in [1.54, 1.807) is 0 Å². The third kappa shape index (κ3) is 2.83.